The van der Waals surface area contributed by atoms with Gasteiger partial charge in [-0.3, -0.25) is 14.3 Å². The second-order valence-electron chi connectivity index (χ2n) is 7.72. The van der Waals surface area contributed by atoms with Crippen LogP contribution in [0.15, 0.2) is 36.7 Å². The van der Waals surface area contributed by atoms with Gasteiger partial charge in [-0.05, 0) is 43.0 Å². The molecule has 1 aliphatic heterocycles. The minimum absolute atomic E-state index is 0.0161. The highest BCUT2D eigenvalue weighted by atomic mass is 16.2. The van der Waals surface area contributed by atoms with E-state index in [1.54, 1.807) is 17.1 Å². The predicted molar refractivity (Wildman–Crippen MR) is 115 cm³/mol. The molecule has 0 radical (unpaired) electrons. The number of nitrogens with one attached hydrogen (secondary N) is 1. The summed E-state index contributed by atoms with van der Waals surface area (Å²) in [4.78, 5) is 31.8. The number of likely N-dealkylation sites (tertiary alicyclic amines) is 1. The second-order valence-corrected chi connectivity index (χ2v) is 7.72. The van der Waals surface area contributed by atoms with Gasteiger partial charge < -0.3 is 15.1 Å². The Balaban J connectivity index is 1.48. The van der Waals surface area contributed by atoms with Crippen LogP contribution in [0.5, 0.6) is 0 Å². The maximum Gasteiger partial charge on any atom is 0.242 e. The van der Waals surface area contributed by atoms with Gasteiger partial charge in [0.25, 0.3) is 0 Å². The van der Waals surface area contributed by atoms with Crippen LogP contribution < -0.4 is 5.32 Å². The quantitative estimate of drug-likeness (QED) is 0.610. The number of hydrogen-bond acceptors (Lipinski definition) is 5. The molecule has 1 N–H and O–H groups in total. The molecule has 0 aliphatic carbocycles. The largest absolute Gasteiger partial charge is 0.354 e. The zero-order valence-corrected chi connectivity index (χ0v) is 17.3. The highest BCUT2D eigenvalue weighted by molar-refractivity contribution is 5.81. The summed E-state index contributed by atoms with van der Waals surface area (Å²) >= 11 is 0. The topological polar surface area (TPSA) is 83.4 Å². The lowest BCUT2D eigenvalue weighted by Gasteiger charge is -2.23. The molecule has 1 aromatic carbocycles. The van der Waals surface area contributed by atoms with Crippen molar-refractivity contribution in [2.24, 2.45) is 7.05 Å². The molecule has 0 atom stereocenters. The average molecular weight is 406 g/mol. The van der Waals surface area contributed by atoms with Crippen molar-refractivity contribution in [2.45, 2.75) is 26.3 Å². The van der Waals surface area contributed by atoms with E-state index in [4.69, 9.17) is 0 Å². The van der Waals surface area contributed by atoms with Gasteiger partial charge >= 0.3 is 0 Å². The Labute approximate surface area is 175 Å². The van der Waals surface area contributed by atoms with Gasteiger partial charge in [0, 0.05) is 37.8 Å². The summed E-state index contributed by atoms with van der Waals surface area (Å²) in [5, 5.41) is 8.60. The number of carbonyl (C=O) groups is 2. The Morgan fingerprint density at radius 1 is 1.27 bits per heavy atom. The number of nitrogens with zero attached hydrogens (tertiary/aromatic N) is 5. The molecular weight excluding hydrogens is 380 g/mol. The number of aromatic nitrogens is 3. The zero-order valence-electron chi connectivity index (χ0n) is 17.3. The van der Waals surface area contributed by atoms with Crippen LogP contribution in [-0.4, -0.2) is 56.5 Å². The molecule has 2 amide bonds. The first-order valence-electron chi connectivity index (χ1n) is 10.2. The van der Waals surface area contributed by atoms with E-state index in [9.17, 15) is 9.59 Å². The predicted octanol–water partition coefficient (Wildman–Crippen LogP) is 2.60. The molecule has 1 fully saturated rings. The zero-order chi connectivity index (χ0) is 21.1. The SMILES string of the molecule is Cc1c(CN(C=O)CC(=O)N2CCCC2)cccc1Nc1cnc2c(cnn2C)c1. The van der Waals surface area contributed by atoms with Crippen LogP contribution in [0.4, 0.5) is 11.4 Å². The number of benzene rings is 1. The van der Waals surface area contributed by atoms with E-state index in [1.807, 2.05) is 43.1 Å². The third-order valence-electron chi connectivity index (χ3n) is 5.62. The van der Waals surface area contributed by atoms with Crippen LogP contribution in [-0.2, 0) is 23.2 Å². The number of hydrogen-bond donors (Lipinski definition) is 1. The van der Waals surface area contributed by atoms with Gasteiger partial charge in [-0.2, -0.15) is 5.10 Å². The molecular formula is C22H26N6O2. The van der Waals surface area contributed by atoms with Gasteiger partial charge in [0.15, 0.2) is 5.65 Å². The van der Waals surface area contributed by atoms with E-state index >= 15 is 0 Å². The lowest BCUT2D eigenvalue weighted by atomic mass is 10.1. The third kappa shape index (κ3) is 4.12. The Morgan fingerprint density at radius 3 is 2.83 bits per heavy atom. The Hall–Kier alpha value is -3.42. The average Bonchev–Trinajstić information content (AvgIpc) is 3.41. The van der Waals surface area contributed by atoms with Gasteiger partial charge in [-0.25, -0.2) is 4.98 Å². The summed E-state index contributed by atoms with van der Waals surface area (Å²) in [7, 11) is 1.86. The van der Waals surface area contributed by atoms with Crippen molar-refractivity contribution in [3.05, 3.63) is 47.8 Å². The maximum absolute atomic E-state index is 12.4. The maximum atomic E-state index is 12.4. The van der Waals surface area contributed by atoms with E-state index < -0.39 is 0 Å². The normalized spacial score (nSPS) is 13.6. The minimum atomic E-state index is 0.0161. The van der Waals surface area contributed by atoms with E-state index in [1.165, 1.54) is 4.90 Å². The molecule has 3 heterocycles. The van der Waals surface area contributed by atoms with Crippen LogP contribution in [0.25, 0.3) is 11.0 Å². The molecule has 4 rings (SSSR count). The van der Waals surface area contributed by atoms with Gasteiger partial charge in [0.05, 0.1) is 24.6 Å². The summed E-state index contributed by atoms with van der Waals surface area (Å²) in [6.07, 6.45) is 6.41. The van der Waals surface area contributed by atoms with E-state index in [0.29, 0.717) is 6.54 Å². The van der Waals surface area contributed by atoms with Crippen molar-refractivity contribution in [2.75, 3.05) is 25.0 Å². The van der Waals surface area contributed by atoms with Crippen LogP contribution in [0.1, 0.15) is 24.0 Å². The first-order chi connectivity index (χ1) is 14.5. The van der Waals surface area contributed by atoms with Crippen molar-refractivity contribution in [3.8, 4) is 0 Å². The Morgan fingerprint density at radius 2 is 2.07 bits per heavy atom. The number of aryl methyl sites for hydroxylation is 1. The number of pyridine rings is 1. The lowest BCUT2D eigenvalue weighted by molar-refractivity contribution is -0.135. The fourth-order valence-electron chi connectivity index (χ4n) is 3.85. The first kappa shape index (κ1) is 19.9. The van der Waals surface area contributed by atoms with Crippen molar-refractivity contribution >= 4 is 34.7 Å². The van der Waals surface area contributed by atoms with Crippen LogP contribution in [0.3, 0.4) is 0 Å². The van der Waals surface area contributed by atoms with Crippen molar-refractivity contribution in [1.82, 2.24) is 24.6 Å². The Bertz CT molecular complexity index is 1070. The van der Waals surface area contributed by atoms with Crippen molar-refractivity contribution in [1.29, 1.82) is 0 Å². The standard InChI is InChI=1S/C22H26N6O2/c1-16-17(13-27(15-29)14-21(30)28-8-3-4-9-28)6-5-7-20(16)25-19-10-18-11-24-26(2)22(18)23-12-19/h5-7,10-12,15,25H,3-4,8-9,13-14H2,1-2H3. The molecule has 0 spiro atoms. The van der Waals surface area contributed by atoms with Gasteiger partial charge in [0.1, 0.15) is 0 Å². The summed E-state index contributed by atoms with van der Waals surface area (Å²) in [6, 6.07) is 7.94. The molecule has 8 nitrogen and oxygen atoms in total. The number of amides is 2. The highest BCUT2D eigenvalue weighted by Crippen LogP contribution is 2.25. The molecule has 8 heteroatoms. The Kier molecular flexibility index (Phi) is 5.65. The molecule has 0 saturated carbocycles. The van der Waals surface area contributed by atoms with E-state index in [-0.39, 0.29) is 12.5 Å². The van der Waals surface area contributed by atoms with Crippen molar-refractivity contribution < 1.29 is 9.59 Å². The monoisotopic (exact) mass is 406 g/mol. The first-order valence-corrected chi connectivity index (χ1v) is 10.2. The highest BCUT2D eigenvalue weighted by Gasteiger charge is 2.20. The number of fused-ring (bicyclic) bond motifs is 1. The smallest absolute Gasteiger partial charge is 0.242 e. The molecule has 0 unspecified atom stereocenters. The second kappa shape index (κ2) is 8.52. The van der Waals surface area contributed by atoms with Crippen LogP contribution in [0.2, 0.25) is 0 Å². The molecule has 30 heavy (non-hydrogen) atoms. The van der Waals surface area contributed by atoms with Crippen molar-refractivity contribution in [3.63, 3.8) is 0 Å². The molecule has 0 bridgehead atoms. The van der Waals surface area contributed by atoms with Crippen LogP contribution in [0, 0.1) is 6.92 Å². The van der Waals surface area contributed by atoms with Gasteiger partial charge in [0.2, 0.25) is 12.3 Å². The van der Waals surface area contributed by atoms with Crippen LogP contribution >= 0.6 is 0 Å². The van der Waals surface area contributed by atoms with Gasteiger partial charge in [-0.1, -0.05) is 12.1 Å². The summed E-state index contributed by atoms with van der Waals surface area (Å²) in [6.45, 7) is 4.10. The number of anilines is 2. The fraction of sp³-hybridized carbons (Fsp3) is 0.364. The molecule has 3 aromatic rings. The minimum Gasteiger partial charge on any atom is -0.354 e. The molecule has 1 aliphatic rings. The third-order valence-corrected chi connectivity index (χ3v) is 5.62. The molecule has 1 saturated heterocycles. The van der Waals surface area contributed by atoms with Gasteiger partial charge in [-0.15, -0.1) is 0 Å². The fourth-order valence-corrected chi connectivity index (χ4v) is 3.85. The van der Waals surface area contributed by atoms with E-state index in [2.05, 4.69) is 15.4 Å². The molecule has 156 valence electrons. The summed E-state index contributed by atoms with van der Waals surface area (Å²) < 4.78 is 1.74. The number of carbonyl (C=O) groups excluding carboxylic acids is 2. The summed E-state index contributed by atoms with van der Waals surface area (Å²) in [5.74, 6) is 0.0161. The summed E-state index contributed by atoms with van der Waals surface area (Å²) in [5.41, 5.74) is 4.66. The molecule has 2 aromatic heterocycles. The van der Waals surface area contributed by atoms with E-state index in [0.717, 1.165) is 65.9 Å². The lowest BCUT2D eigenvalue weighted by Crippen LogP contribution is -2.38. The number of rotatable bonds is 7.